The lowest BCUT2D eigenvalue weighted by atomic mass is 9.97. The molecule has 3 aromatic rings. The van der Waals surface area contributed by atoms with E-state index in [0.717, 1.165) is 28.0 Å². The van der Waals surface area contributed by atoms with E-state index >= 15 is 0 Å². The number of nitrogens with zero attached hydrogens (tertiary/aromatic N) is 2. The summed E-state index contributed by atoms with van der Waals surface area (Å²) in [6.45, 7) is 4.33. The maximum Gasteiger partial charge on any atom is 0.234 e. The molecule has 0 aliphatic rings. The summed E-state index contributed by atoms with van der Waals surface area (Å²) in [6, 6.07) is 15.8. The van der Waals surface area contributed by atoms with Crippen LogP contribution in [0, 0.1) is 0 Å². The van der Waals surface area contributed by atoms with Crippen LogP contribution in [0.5, 0.6) is 0 Å². The molecule has 3 rings (SSSR count). The van der Waals surface area contributed by atoms with Crippen LogP contribution in [0.4, 0.5) is 5.69 Å². The Bertz CT molecular complexity index is 876. The summed E-state index contributed by atoms with van der Waals surface area (Å²) in [5.41, 5.74) is 2.97. The Kier molecular flexibility index (Phi) is 5.66. The Labute approximate surface area is 152 Å². The largest absolute Gasteiger partial charge is 0.325 e. The van der Waals surface area contributed by atoms with Gasteiger partial charge in [-0.2, -0.15) is 0 Å². The molecule has 1 N–H and O–H groups in total. The van der Waals surface area contributed by atoms with Crippen LogP contribution in [0.25, 0.3) is 10.9 Å². The molecule has 0 radical (unpaired) electrons. The van der Waals surface area contributed by atoms with E-state index in [0.29, 0.717) is 11.7 Å². The molecule has 5 heteroatoms. The minimum absolute atomic E-state index is 0.0246. The topological polar surface area (TPSA) is 54.9 Å². The first-order valence-corrected chi connectivity index (χ1v) is 9.39. The van der Waals surface area contributed by atoms with Crippen molar-refractivity contribution in [3.05, 3.63) is 60.4 Å². The van der Waals surface area contributed by atoms with Crippen LogP contribution in [0.15, 0.2) is 59.9 Å². The average Bonchev–Trinajstić information content (AvgIpc) is 2.66. The zero-order valence-corrected chi connectivity index (χ0v) is 15.2. The van der Waals surface area contributed by atoms with Gasteiger partial charge in [0.25, 0.3) is 0 Å². The molecule has 1 aromatic heterocycles. The van der Waals surface area contributed by atoms with Gasteiger partial charge >= 0.3 is 0 Å². The van der Waals surface area contributed by atoms with Gasteiger partial charge in [-0.1, -0.05) is 62.0 Å². The van der Waals surface area contributed by atoms with Gasteiger partial charge in [0.2, 0.25) is 5.91 Å². The summed E-state index contributed by atoms with van der Waals surface area (Å²) in [6.07, 6.45) is 2.58. The van der Waals surface area contributed by atoms with Crippen LogP contribution in [-0.2, 0) is 4.79 Å². The van der Waals surface area contributed by atoms with Crippen LogP contribution in [0.2, 0.25) is 0 Å². The van der Waals surface area contributed by atoms with Crippen molar-refractivity contribution in [1.82, 2.24) is 9.97 Å². The third-order valence-corrected chi connectivity index (χ3v) is 5.23. The lowest BCUT2D eigenvalue weighted by molar-refractivity contribution is -0.113. The van der Waals surface area contributed by atoms with Crippen molar-refractivity contribution in [2.24, 2.45) is 0 Å². The SMILES string of the molecule is CC[C@@H](C)c1ccccc1NC(=O)CSc1ncnc2ccccc12. The molecule has 1 atom stereocenters. The molecule has 128 valence electrons. The quantitative estimate of drug-likeness (QED) is 0.508. The van der Waals surface area contributed by atoms with E-state index in [1.807, 2.05) is 42.5 Å². The molecular formula is C20H21N3OS. The highest BCUT2D eigenvalue weighted by atomic mass is 32.2. The second-order valence-electron chi connectivity index (χ2n) is 5.93. The summed E-state index contributed by atoms with van der Waals surface area (Å²) in [7, 11) is 0. The lowest BCUT2D eigenvalue weighted by Gasteiger charge is -2.15. The summed E-state index contributed by atoms with van der Waals surface area (Å²) in [4.78, 5) is 21.0. The van der Waals surface area contributed by atoms with Gasteiger partial charge in [-0.05, 0) is 30.0 Å². The summed E-state index contributed by atoms with van der Waals surface area (Å²) >= 11 is 1.43. The van der Waals surface area contributed by atoms with Crippen LogP contribution < -0.4 is 5.32 Å². The zero-order chi connectivity index (χ0) is 17.6. The number of carbonyl (C=O) groups is 1. The summed E-state index contributed by atoms with van der Waals surface area (Å²) in [5, 5.41) is 4.85. The number of hydrogen-bond acceptors (Lipinski definition) is 4. The van der Waals surface area contributed by atoms with E-state index in [1.54, 1.807) is 6.33 Å². The van der Waals surface area contributed by atoms with Crippen molar-refractivity contribution in [2.45, 2.75) is 31.2 Å². The Hall–Kier alpha value is -2.40. The van der Waals surface area contributed by atoms with Crippen molar-refractivity contribution < 1.29 is 4.79 Å². The van der Waals surface area contributed by atoms with Crippen LogP contribution >= 0.6 is 11.8 Å². The molecule has 0 aliphatic heterocycles. The molecule has 2 aromatic carbocycles. The fraction of sp³-hybridized carbons (Fsp3) is 0.250. The first-order valence-electron chi connectivity index (χ1n) is 8.40. The van der Waals surface area contributed by atoms with Gasteiger partial charge in [0.1, 0.15) is 11.4 Å². The smallest absolute Gasteiger partial charge is 0.234 e. The minimum atomic E-state index is -0.0246. The number of fused-ring (bicyclic) bond motifs is 1. The van der Waals surface area contributed by atoms with Crippen molar-refractivity contribution in [3.63, 3.8) is 0 Å². The minimum Gasteiger partial charge on any atom is -0.325 e. The molecule has 0 spiro atoms. The van der Waals surface area contributed by atoms with Crippen LogP contribution in [-0.4, -0.2) is 21.6 Å². The second kappa shape index (κ2) is 8.12. The van der Waals surface area contributed by atoms with Gasteiger partial charge in [-0.3, -0.25) is 4.79 Å². The molecule has 0 fully saturated rings. The zero-order valence-electron chi connectivity index (χ0n) is 14.4. The molecule has 0 saturated heterocycles. The number of hydrogen-bond donors (Lipinski definition) is 1. The van der Waals surface area contributed by atoms with E-state index in [4.69, 9.17) is 0 Å². The first-order chi connectivity index (χ1) is 12.2. The fourth-order valence-electron chi connectivity index (χ4n) is 2.68. The molecule has 4 nitrogen and oxygen atoms in total. The van der Waals surface area contributed by atoms with Crippen molar-refractivity contribution in [1.29, 1.82) is 0 Å². The predicted molar refractivity (Wildman–Crippen MR) is 104 cm³/mol. The van der Waals surface area contributed by atoms with E-state index in [2.05, 4.69) is 35.2 Å². The number of carbonyl (C=O) groups excluding carboxylic acids is 1. The Balaban J connectivity index is 1.69. The lowest BCUT2D eigenvalue weighted by Crippen LogP contribution is -2.16. The number of para-hydroxylation sites is 2. The van der Waals surface area contributed by atoms with Gasteiger partial charge in [0.05, 0.1) is 11.3 Å². The van der Waals surface area contributed by atoms with E-state index < -0.39 is 0 Å². The van der Waals surface area contributed by atoms with E-state index in [-0.39, 0.29) is 5.91 Å². The molecular weight excluding hydrogens is 330 g/mol. The monoisotopic (exact) mass is 351 g/mol. The number of rotatable bonds is 6. The summed E-state index contributed by atoms with van der Waals surface area (Å²) < 4.78 is 0. The molecule has 0 bridgehead atoms. The number of aromatic nitrogens is 2. The van der Waals surface area contributed by atoms with E-state index in [9.17, 15) is 4.79 Å². The van der Waals surface area contributed by atoms with Crippen molar-refractivity contribution in [3.8, 4) is 0 Å². The normalized spacial score (nSPS) is 12.1. The highest BCUT2D eigenvalue weighted by Crippen LogP contribution is 2.27. The van der Waals surface area contributed by atoms with Crippen LogP contribution in [0.3, 0.4) is 0 Å². The third kappa shape index (κ3) is 4.17. The average molecular weight is 351 g/mol. The Morgan fingerprint density at radius 1 is 1.12 bits per heavy atom. The first kappa shape index (κ1) is 17.4. The second-order valence-corrected chi connectivity index (χ2v) is 6.89. The Morgan fingerprint density at radius 2 is 1.88 bits per heavy atom. The van der Waals surface area contributed by atoms with Gasteiger partial charge in [-0.25, -0.2) is 9.97 Å². The van der Waals surface area contributed by atoms with Gasteiger partial charge in [0.15, 0.2) is 0 Å². The third-order valence-electron chi connectivity index (χ3n) is 4.22. The number of anilines is 1. The molecule has 0 saturated carbocycles. The number of nitrogens with one attached hydrogen (secondary N) is 1. The van der Waals surface area contributed by atoms with Crippen molar-refractivity contribution >= 4 is 34.3 Å². The Morgan fingerprint density at radius 3 is 2.72 bits per heavy atom. The molecule has 0 unspecified atom stereocenters. The highest BCUT2D eigenvalue weighted by molar-refractivity contribution is 8.00. The molecule has 1 amide bonds. The maximum absolute atomic E-state index is 12.4. The molecule has 0 aliphatic carbocycles. The fourth-order valence-corrected chi connectivity index (χ4v) is 3.47. The number of amides is 1. The highest BCUT2D eigenvalue weighted by Gasteiger charge is 2.12. The standard InChI is InChI=1S/C20H21N3OS/c1-3-14(2)15-8-4-7-11-18(15)23-19(24)12-25-20-16-9-5-6-10-17(16)21-13-22-20/h4-11,13-14H,3,12H2,1-2H3,(H,23,24)/t14-/m1/s1. The van der Waals surface area contributed by atoms with Crippen LogP contribution in [0.1, 0.15) is 31.7 Å². The number of benzene rings is 2. The molecule has 25 heavy (non-hydrogen) atoms. The number of thioether (sulfide) groups is 1. The summed E-state index contributed by atoms with van der Waals surface area (Å²) in [5.74, 6) is 0.703. The van der Waals surface area contributed by atoms with E-state index in [1.165, 1.54) is 17.3 Å². The predicted octanol–water partition coefficient (Wildman–Crippen LogP) is 4.87. The van der Waals surface area contributed by atoms with Crippen molar-refractivity contribution in [2.75, 3.05) is 11.1 Å². The molecule has 1 heterocycles. The van der Waals surface area contributed by atoms with Gasteiger partial charge < -0.3 is 5.32 Å². The maximum atomic E-state index is 12.4. The van der Waals surface area contributed by atoms with Gasteiger partial charge in [-0.15, -0.1) is 0 Å². The van der Waals surface area contributed by atoms with Gasteiger partial charge in [0, 0.05) is 11.1 Å².